The number of hydrogen-bond acceptors (Lipinski definition) is 1. The highest BCUT2D eigenvalue weighted by Crippen LogP contribution is 2.26. The van der Waals surface area contributed by atoms with Gasteiger partial charge in [-0.2, -0.15) is 4.39 Å². The Morgan fingerprint density at radius 1 is 1.29 bits per heavy atom. The van der Waals surface area contributed by atoms with Crippen molar-refractivity contribution in [3.63, 3.8) is 0 Å². The summed E-state index contributed by atoms with van der Waals surface area (Å²) in [5.74, 6) is -0.273. The predicted molar refractivity (Wildman–Crippen MR) is 53.9 cm³/mol. The van der Waals surface area contributed by atoms with E-state index in [1.165, 1.54) is 16.8 Å². The van der Waals surface area contributed by atoms with Crippen LogP contribution in [0.3, 0.4) is 0 Å². The van der Waals surface area contributed by atoms with E-state index in [0.717, 1.165) is 11.1 Å². The Labute approximate surface area is 82.4 Å². The molecule has 0 amide bonds. The van der Waals surface area contributed by atoms with Crippen molar-refractivity contribution in [2.45, 2.75) is 26.2 Å². The number of fused-ring (bicyclic) bond motifs is 1. The molecule has 2 nitrogen and oxygen atoms in total. The minimum Gasteiger partial charge on any atom is -0.275 e. The van der Waals surface area contributed by atoms with E-state index in [-0.39, 0.29) is 11.4 Å². The molecule has 0 N–H and O–H groups in total. The van der Waals surface area contributed by atoms with Crippen molar-refractivity contribution < 1.29 is 4.39 Å². The van der Waals surface area contributed by atoms with Crippen molar-refractivity contribution in [3.05, 3.63) is 36.2 Å². The molecule has 0 radical (unpaired) electrons. The van der Waals surface area contributed by atoms with E-state index < -0.39 is 0 Å². The number of aromatic nitrogens is 2. The summed E-state index contributed by atoms with van der Waals surface area (Å²) in [6.45, 7) is 6.31. The van der Waals surface area contributed by atoms with Crippen LogP contribution >= 0.6 is 0 Å². The molecule has 2 aromatic rings. The maximum atomic E-state index is 13.3. The fourth-order valence-corrected chi connectivity index (χ4v) is 1.62. The fourth-order valence-electron chi connectivity index (χ4n) is 1.62. The summed E-state index contributed by atoms with van der Waals surface area (Å²) in [7, 11) is 0. The lowest BCUT2D eigenvalue weighted by atomic mass is 9.87. The zero-order valence-electron chi connectivity index (χ0n) is 8.58. The smallest absolute Gasteiger partial charge is 0.199 e. The van der Waals surface area contributed by atoms with Gasteiger partial charge in [-0.15, -0.1) is 0 Å². The maximum absolute atomic E-state index is 13.3. The van der Waals surface area contributed by atoms with Gasteiger partial charge in [0.15, 0.2) is 5.95 Å². The molecule has 3 heteroatoms. The average Bonchev–Trinajstić information content (AvgIpc) is 2.50. The molecular formula is C11H13FN2. The van der Waals surface area contributed by atoms with Crippen LogP contribution in [0, 0.1) is 5.95 Å². The molecule has 0 atom stereocenters. The van der Waals surface area contributed by atoms with E-state index >= 15 is 0 Å². The third kappa shape index (κ3) is 1.29. The summed E-state index contributed by atoms with van der Waals surface area (Å²) >= 11 is 0. The van der Waals surface area contributed by atoms with Gasteiger partial charge in [0.2, 0.25) is 0 Å². The number of nitrogens with zero attached hydrogens (tertiary/aromatic N) is 2. The lowest BCUT2D eigenvalue weighted by Crippen LogP contribution is -2.13. The van der Waals surface area contributed by atoms with E-state index in [9.17, 15) is 4.39 Å². The topological polar surface area (TPSA) is 17.3 Å². The standard InChI is InChI=1S/C11H13FN2/c1-11(2,3)8-4-5-10(12)14-7-13-6-9(8)14/h4-7H,1-3H3. The van der Waals surface area contributed by atoms with Gasteiger partial charge in [0.25, 0.3) is 0 Å². The largest absolute Gasteiger partial charge is 0.275 e. The normalized spacial score (nSPS) is 12.3. The molecule has 0 bridgehead atoms. The monoisotopic (exact) mass is 192 g/mol. The van der Waals surface area contributed by atoms with Crippen LogP contribution in [0.5, 0.6) is 0 Å². The second-order valence-electron chi connectivity index (χ2n) is 4.47. The van der Waals surface area contributed by atoms with Crippen molar-refractivity contribution >= 4 is 5.52 Å². The van der Waals surface area contributed by atoms with Crippen LogP contribution in [0.1, 0.15) is 26.3 Å². The first-order valence-corrected chi connectivity index (χ1v) is 4.61. The number of rotatable bonds is 0. The van der Waals surface area contributed by atoms with Crippen molar-refractivity contribution in [2.75, 3.05) is 0 Å². The van der Waals surface area contributed by atoms with Gasteiger partial charge in [-0.3, -0.25) is 4.40 Å². The minimum atomic E-state index is -0.273. The predicted octanol–water partition coefficient (Wildman–Crippen LogP) is 2.77. The summed E-state index contributed by atoms with van der Waals surface area (Å²) in [6, 6.07) is 3.31. The van der Waals surface area contributed by atoms with Gasteiger partial charge in [0.05, 0.1) is 11.7 Å². The Balaban J connectivity index is 2.80. The van der Waals surface area contributed by atoms with Crippen LogP contribution < -0.4 is 0 Å². The molecule has 0 aromatic carbocycles. The molecule has 0 saturated heterocycles. The first-order valence-electron chi connectivity index (χ1n) is 4.61. The molecule has 2 aromatic heterocycles. The van der Waals surface area contributed by atoms with Gasteiger partial charge < -0.3 is 0 Å². The Morgan fingerprint density at radius 3 is 2.64 bits per heavy atom. The summed E-state index contributed by atoms with van der Waals surface area (Å²) in [5.41, 5.74) is 1.96. The highest BCUT2D eigenvalue weighted by Gasteiger charge is 2.18. The molecule has 0 aliphatic heterocycles. The SMILES string of the molecule is CC(C)(C)c1ccc(F)n2cncc12. The molecule has 0 fully saturated rings. The molecular weight excluding hydrogens is 179 g/mol. The van der Waals surface area contributed by atoms with Crippen molar-refractivity contribution in [3.8, 4) is 0 Å². The van der Waals surface area contributed by atoms with Crippen LogP contribution in [-0.4, -0.2) is 9.38 Å². The Bertz CT molecular complexity index is 466. The number of pyridine rings is 1. The number of imidazole rings is 1. The Morgan fingerprint density at radius 2 is 2.00 bits per heavy atom. The zero-order valence-corrected chi connectivity index (χ0v) is 8.58. The van der Waals surface area contributed by atoms with Gasteiger partial charge >= 0.3 is 0 Å². The molecule has 14 heavy (non-hydrogen) atoms. The first-order chi connectivity index (χ1) is 6.50. The fraction of sp³-hybridized carbons (Fsp3) is 0.364. The second-order valence-corrected chi connectivity index (χ2v) is 4.47. The van der Waals surface area contributed by atoms with E-state index in [1.54, 1.807) is 6.20 Å². The molecule has 2 rings (SSSR count). The highest BCUT2D eigenvalue weighted by molar-refractivity contribution is 5.56. The number of halogens is 1. The lowest BCUT2D eigenvalue weighted by Gasteiger charge is -2.20. The summed E-state index contributed by atoms with van der Waals surface area (Å²) in [4.78, 5) is 3.96. The second kappa shape index (κ2) is 2.80. The maximum Gasteiger partial charge on any atom is 0.199 e. The number of hydrogen-bond donors (Lipinski definition) is 0. The lowest BCUT2D eigenvalue weighted by molar-refractivity contribution is 0.553. The van der Waals surface area contributed by atoms with Gasteiger partial charge in [-0.1, -0.05) is 26.8 Å². The minimum absolute atomic E-state index is 0.00891. The third-order valence-corrected chi connectivity index (χ3v) is 2.34. The first kappa shape index (κ1) is 9.19. The van der Waals surface area contributed by atoms with E-state index in [4.69, 9.17) is 0 Å². The molecule has 0 spiro atoms. The Hall–Kier alpha value is -1.38. The average molecular weight is 192 g/mol. The molecule has 0 saturated carbocycles. The quantitative estimate of drug-likeness (QED) is 0.587. The summed E-state index contributed by atoms with van der Waals surface area (Å²) in [6.07, 6.45) is 3.20. The van der Waals surface area contributed by atoms with Gasteiger partial charge in [0.1, 0.15) is 6.33 Å². The molecule has 2 heterocycles. The van der Waals surface area contributed by atoms with Gasteiger partial charge in [-0.05, 0) is 17.0 Å². The van der Waals surface area contributed by atoms with E-state index in [2.05, 4.69) is 25.8 Å². The molecule has 0 unspecified atom stereocenters. The van der Waals surface area contributed by atoms with Crippen molar-refractivity contribution in [1.82, 2.24) is 9.38 Å². The summed E-state index contributed by atoms with van der Waals surface area (Å²) < 4.78 is 14.8. The van der Waals surface area contributed by atoms with Crippen LogP contribution in [-0.2, 0) is 5.41 Å². The van der Waals surface area contributed by atoms with Crippen LogP contribution in [0.2, 0.25) is 0 Å². The van der Waals surface area contributed by atoms with E-state index in [1.807, 2.05) is 6.07 Å². The Kier molecular flexibility index (Phi) is 1.84. The molecule has 74 valence electrons. The van der Waals surface area contributed by atoms with Crippen molar-refractivity contribution in [1.29, 1.82) is 0 Å². The molecule has 0 aliphatic carbocycles. The zero-order chi connectivity index (χ0) is 10.3. The van der Waals surface area contributed by atoms with Crippen LogP contribution in [0.25, 0.3) is 5.52 Å². The van der Waals surface area contributed by atoms with Gasteiger partial charge in [-0.25, -0.2) is 4.98 Å². The van der Waals surface area contributed by atoms with Crippen LogP contribution in [0.15, 0.2) is 24.7 Å². The van der Waals surface area contributed by atoms with Crippen LogP contribution in [0.4, 0.5) is 4.39 Å². The van der Waals surface area contributed by atoms with Crippen molar-refractivity contribution in [2.24, 2.45) is 0 Å². The summed E-state index contributed by atoms with van der Waals surface area (Å²) in [5, 5.41) is 0. The van der Waals surface area contributed by atoms with E-state index in [0.29, 0.717) is 0 Å². The molecule has 0 aliphatic rings. The highest BCUT2D eigenvalue weighted by atomic mass is 19.1. The third-order valence-electron chi connectivity index (χ3n) is 2.34. The van der Waals surface area contributed by atoms with Gasteiger partial charge in [0, 0.05) is 0 Å².